The van der Waals surface area contributed by atoms with E-state index in [0.717, 1.165) is 12.5 Å². The van der Waals surface area contributed by atoms with E-state index in [-0.39, 0.29) is 10.7 Å². The molecule has 2 aliphatic rings. The molecular formula is C14H22N4O2. The average molecular weight is 278 g/mol. The first kappa shape index (κ1) is 13.5. The van der Waals surface area contributed by atoms with Gasteiger partial charge in [0, 0.05) is 12.6 Å². The van der Waals surface area contributed by atoms with Crippen LogP contribution >= 0.6 is 0 Å². The molecule has 1 aliphatic carbocycles. The second-order valence-electron chi connectivity index (χ2n) is 6.01. The van der Waals surface area contributed by atoms with Gasteiger partial charge in [-0.25, -0.2) is 0 Å². The smallest absolute Gasteiger partial charge is 0.346 e. The van der Waals surface area contributed by atoms with Crippen LogP contribution in [0.2, 0.25) is 0 Å². The van der Waals surface area contributed by atoms with Crippen molar-refractivity contribution in [2.45, 2.75) is 57.7 Å². The normalized spacial score (nSPS) is 25.1. The average Bonchev–Trinajstić information content (AvgIpc) is 3.09. The van der Waals surface area contributed by atoms with E-state index in [1.807, 2.05) is 0 Å². The van der Waals surface area contributed by atoms with E-state index in [2.05, 4.69) is 10.00 Å². The third-order valence-corrected chi connectivity index (χ3v) is 4.80. The fourth-order valence-electron chi connectivity index (χ4n) is 3.84. The summed E-state index contributed by atoms with van der Waals surface area (Å²) in [4.78, 5) is 13.0. The highest BCUT2D eigenvalue weighted by molar-refractivity contribution is 5.16. The summed E-state index contributed by atoms with van der Waals surface area (Å²) in [5, 5.41) is 15.1. The lowest BCUT2D eigenvalue weighted by atomic mass is 9.83. The molecule has 1 atom stereocenters. The summed E-state index contributed by atoms with van der Waals surface area (Å²) in [5.74, 6) is 0.875. The summed E-state index contributed by atoms with van der Waals surface area (Å²) in [7, 11) is 0. The van der Waals surface area contributed by atoms with Gasteiger partial charge in [0.2, 0.25) is 0 Å². The summed E-state index contributed by atoms with van der Waals surface area (Å²) in [6.07, 6.45) is 10.7. The molecule has 1 saturated carbocycles. The van der Waals surface area contributed by atoms with Gasteiger partial charge in [-0.1, -0.05) is 24.4 Å². The number of nitro groups is 1. The van der Waals surface area contributed by atoms with Crippen LogP contribution in [-0.4, -0.2) is 32.2 Å². The lowest BCUT2D eigenvalue weighted by molar-refractivity contribution is -0.393. The molecule has 0 spiro atoms. The molecule has 0 amide bonds. The number of aromatic nitrogens is 2. The van der Waals surface area contributed by atoms with Crippen LogP contribution in [0, 0.1) is 16.0 Å². The van der Waals surface area contributed by atoms with Crippen molar-refractivity contribution < 1.29 is 4.92 Å². The highest BCUT2D eigenvalue weighted by Crippen LogP contribution is 2.34. The fraction of sp³-hybridized carbons (Fsp3) is 0.786. The summed E-state index contributed by atoms with van der Waals surface area (Å²) in [6, 6.07) is 2.07. The van der Waals surface area contributed by atoms with Crippen molar-refractivity contribution in [1.82, 2.24) is 14.7 Å². The van der Waals surface area contributed by atoms with E-state index >= 15 is 0 Å². The Morgan fingerprint density at radius 1 is 1.25 bits per heavy atom. The molecule has 0 radical (unpaired) electrons. The lowest BCUT2D eigenvalue weighted by Crippen LogP contribution is -2.38. The molecule has 0 N–H and O–H groups in total. The zero-order chi connectivity index (χ0) is 13.9. The van der Waals surface area contributed by atoms with Crippen LogP contribution in [-0.2, 0) is 6.67 Å². The van der Waals surface area contributed by atoms with Crippen LogP contribution in [0.25, 0.3) is 0 Å². The molecule has 20 heavy (non-hydrogen) atoms. The molecule has 0 aromatic carbocycles. The second kappa shape index (κ2) is 5.91. The minimum absolute atomic E-state index is 0.0966. The monoisotopic (exact) mass is 278 g/mol. The Kier molecular flexibility index (Phi) is 4.00. The zero-order valence-corrected chi connectivity index (χ0v) is 11.8. The largest absolute Gasteiger partial charge is 0.358 e. The van der Waals surface area contributed by atoms with Crippen molar-refractivity contribution in [3.05, 3.63) is 22.4 Å². The van der Waals surface area contributed by atoms with Crippen molar-refractivity contribution in [1.29, 1.82) is 0 Å². The maximum absolute atomic E-state index is 11.0. The van der Waals surface area contributed by atoms with Gasteiger partial charge in [-0.15, -0.1) is 4.68 Å². The summed E-state index contributed by atoms with van der Waals surface area (Å²) in [6.45, 7) is 1.60. The molecule has 6 heteroatoms. The van der Waals surface area contributed by atoms with Crippen LogP contribution < -0.4 is 0 Å². The van der Waals surface area contributed by atoms with E-state index in [9.17, 15) is 10.1 Å². The van der Waals surface area contributed by atoms with Gasteiger partial charge < -0.3 is 10.1 Å². The van der Waals surface area contributed by atoms with Crippen LogP contribution in [0.15, 0.2) is 12.3 Å². The van der Waals surface area contributed by atoms with Gasteiger partial charge in [0.25, 0.3) is 0 Å². The Labute approximate surface area is 118 Å². The first-order chi connectivity index (χ1) is 9.75. The van der Waals surface area contributed by atoms with Crippen molar-refractivity contribution >= 4 is 5.82 Å². The van der Waals surface area contributed by atoms with Gasteiger partial charge in [0.1, 0.15) is 0 Å². The number of nitrogens with zero attached hydrogens (tertiary/aromatic N) is 4. The van der Waals surface area contributed by atoms with Crippen molar-refractivity contribution in [2.24, 2.45) is 5.92 Å². The molecule has 1 saturated heterocycles. The van der Waals surface area contributed by atoms with Gasteiger partial charge >= 0.3 is 5.82 Å². The molecule has 3 rings (SSSR count). The third kappa shape index (κ3) is 2.70. The molecule has 2 fully saturated rings. The Balaban J connectivity index is 1.69. The van der Waals surface area contributed by atoms with Gasteiger partial charge in [-0.05, 0) is 36.5 Å². The van der Waals surface area contributed by atoms with E-state index in [1.54, 1.807) is 0 Å². The first-order valence-electron chi connectivity index (χ1n) is 7.66. The van der Waals surface area contributed by atoms with Gasteiger partial charge in [-0.3, -0.25) is 4.90 Å². The number of likely N-dealkylation sites (tertiary alicyclic amines) is 1. The predicted octanol–water partition coefficient (Wildman–Crippen LogP) is 2.79. The Hall–Kier alpha value is -1.43. The molecule has 0 bridgehead atoms. The SMILES string of the molecule is O=[N+]([O-])c1ccnn1CN1CCCC1C1CCCCC1. The van der Waals surface area contributed by atoms with Gasteiger partial charge in [-0.2, -0.15) is 0 Å². The minimum Gasteiger partial charge on any atom is -0.358 e. The van der Waals surface area contributed by atoms with E-state index in [1.165, 1.54) is 61.9 Å². The molecular weight excluding hydrogens is 256 g/mol. The lowest BCUT2D eigenvalue weighted by Gasteiger charge is -2.32. The maximum Gasteiger partial charge on any atom is 0.346 e. The molecule has 6 nitrogen and oxygen atoms in total. The molecule has 1 aromatic rings. The van der Waals surface area contributed by atoms with Gasteiger partial charge in [0.15, 0.2) is 6.67 Å². The number of hydrogen-bond donors (Lipinski definition) is 0. The minimum atomic E-state index is -0.349. The molecule has 2 heterocycles. The number of hydrogen-bond acceptors (Lipinski definition) is 4. The quantitative estimate of drug-likeness (QED) is 0.627. The third-order valence-electron chi connectivity index (χ3n) is 4.80. The zero-order valence-electron chi connectivity index (χ0n) is 11.8. The van der Waals surface area contributed by atoms with E-state index in [4.69, 9.17) is 0 Å². The van der Waals surface area contributed by atoms with Crippen molar-refractivity contribution in [3.63, 3.8) is 0 Å². The van der Waals surface area contributed by atoms with Crippen molar-refractivity contribution in [3.8, 4) is 0 Å². The Morgan fingerprint density at radius 3 is 2.80 bits per heavy atom. The summed E-state index contributed by atoms with van der Waals surface area (Å²) >= 11 is 0. The predicted molar refractivity (Wildman–Crippen MR) is 75.2 cm³/mol. The highest BCUT2D eigenvalue weighted by Gasteiger charge is 2.34. The standard InChI is InChI=1S/C14H22N4O2/c19-18(20)14-8-9-15-17(14)11-16-10-4-7-13(16)12-5-2-1-3-6-12/h8-9,12-13H,1-7,10-11H2. The Bertz CT molecular complexity index is 467. The van der Waals surface area contributed by atoms with Crippen LogP contribution in [0.1, 0.15) is 44.9 Å². The topological polar surface area (TPSA) is 64.2 Å². The first-order valence-corrected chi connectivity index (χ1v) is 7.66. The maximum atomic E-state index is 11.0. The van der Waals surface area contributed by atoms with Crippen molar-refractivity contribution in [2.75, 3.05) is 6.54 Å². The second-order valence-corrected chi connectivity index (χ2v) is 6.01. The molecule has 1 unspecified atom stereocenters. The molecule has 1 aliphatic heterocycles. The Morgan fingerprint density at radius 2 is 2.05 bits per heavy atom. The van der Waals surface area contributed by atoms with Gasteiger partial charge in [0.05, 0.1) is 12.3 Å². The number of rotatable bonds is 4. The molecule has 110 valence electrons. The summed E-state index contributed by atoms with van der Waals surface area (Å²) < 4.78 is 1.53. The van der Waals surface area contributed by atoms with Crippen LogP contribution in [0.4, 0.5) is 5.82 Å². The molecule has 1 aromatic heterocycles. The van der Waals surface area contributed by atoms with Crippen LogP contribution in [0.5, 0.6) is 0 Å². The van der Waals surface area contributed by atoms with Crippen LogP contribution in [0.3, 0.4) is 0 Å². The van der Waals surface area contributed by atoms with E-state index in [0.29, 0.717) is 12.7 Å². The summed E-state index contributed by atoms with van der Waals surface area (Å²) in [5.41, 5.74) is 0. The highest BCUT2D eigenvalue weighted by atomic mass is 16.6. The van der Waals surface area contributed by atoms with E-state index < -0.39 is 0 Å². The fourth-order valence-corrected chi connectivity index (χ4v) is 3.84.